The molecule has 2 heterocycles. The predicted molar refractivity (Wildman–Crippen MR) is 132 cm³/mol. The van der Waals surface area contributed by atoms with Gasteiger partial charge in [0, 0.05) is 19.1 Å². The zero-order chi connectivity index (χ0) is 24.1. The van der Waals surface area contributed by atoms with Gasteiger partial charge in [-0.25, -0.2) is 0 Å². The number of benzene rings is 1. The van der Waals surface area contributed by atoms with Gasteiger partial charge >= 0.3 is 0 Å². The number of carbonyl (C=O) groups excluding carboxylic acids is 3. The van der Waals surface area contributed by atoms with Crippen LogP contribution in [0.4, 0.5) is 11.4 Å². The fraction of sp³-hybridized carbons (Fsp3) is 0.654. The first-order valence-electron chi connectivity index (χ1n) is 12.8. The Labute approximate surface area is 202 Å². The van der Waals surface area contributed by atoms with Gasteiger partial charge in [-0.05, 0) is 71.2 Å². The van der Waals surface area contributed by atoms with Crippen molar-refractivity contribution in [1.82, 2.24) is 10.2 Å². The summed E-state index contributed by atoms with van der Waals surface area (Å²) in [7, 11) is 0. The number of ether oxygens (including phenoxy) is 1. The Bertz CT molecular complexity index is 889. The summed E-state index contributed by atoms with van der Waals surface area (Å²) in [5.74, 6) is -0.00873. The normalized spacial score (nSPS) is 20.4. The van der Waals surface area contributed by atoms with Crippen molar-refractivity contribution in [2.45, 2.75) is 70.4 Å². The van der Waals surface area contributed by atoms with E-state index >= 15 is 0 Å². The summed E-state index contributed by atoms with van der Waals surface area (Å²) in [6, 6.07) is 7.57. The highest BCUT2D eigenvalue weighted by molar-refractivity contribution is 6.15. The highest BCUT2D eigenvalue weighted by atomic mass is 16.5. The minimum absolute atomic E-state index is 0.0139. The third-order valence-corrected chi connectivity index (χ3v) is 7.31. The van der Waals surface area contributed by atoms with Gasteiger partial charge in [0.05, 0.1) is 24.0 Å². The Hall–Kier alpha value is -2.45. The number of nitrogens with zero attached hydrogens (tertiary/aromatic N) is 2. The molecule has 1 saturated heterocycles. The molecule has 0 radical (unpaired) electrons. The second-order valence-electron chi connectivity index (χ2n) is 10.1. The summed E-state index contributed by atoms with van der Waals surface area (Å²) >= 11 is 0. The molecule has 34 heavy (non-hydrogen) atoms. The van der Waals surface area contributed by atoms with Crippen molar-refractivity contribution in [1.29, 1.82) is 0 Å². The fourth-order valence-electron chi connectivity index (χ4n) is 5.49. The van der Waals surface area contributed by atoms with Crippen LogP contribution in [0.3, 0.4) is 0 Å². The molecule has 4 rings (SSSR count). The highest BCUT2D eigenvalue weighted by Crippen LogP contribution is 2.45. The molecule has 8 heteroatoms. The highest BCUT2D eigenvalue weighted by Gasteiger charge is 2.52. The molecule has 1 aromatic carbocycles. The molecule has 0 aromatic heterocycles. The van der Waals surface area contributed by atoms with E-state index in [0.29, 0.717) is 44.8 Å². The van der Waals surface area contributed by atoms with Gasteiger partial charge in [0.25, 0.3) is 5.91 Å². The maximum atomic E-state index is 13.6. The van der Waals surface area contributed by atoms with Crippen LogP contribution in [0, 0.1) is 5.92 Å². The number of hydrogen-bond donors (Lipinski definition) is 2. The molecule has 8 nitrogen and oxygen atoms in total. The maximum absolute atomic E-state index is 13.6. The molecule has 3 aliphatic rings. The van der Waals surface area contributed by atoms with Gasteiger partial charge in [-0.1, -0.05) is 25.0 Å². The van der Waals surface area contributed by atoms with Gasteiger partial charge in [-0.3, -0.25) is 24.2 Å². The van der Waals surface area contributed by atoms with E-state index in [1.165, 1.54) is 0 Å². The lowest BCUT2D eigenvalue weighted by Gasteiger charge is -2.45. The Morgan fingerprint density at radius 3 is 2.59 bits per heavy atom. The lowest BCUT2D eigenvalue weighted by molar-refractivity contribution is -0.129. The van der Waals surface area contributed by atoms with E-state index in [4.69, 9.17) is 4.74 Å². The van der Waals surface area contributed by atoms with Gasteiger partial charge in [0.15, 0.2) is 0 Å². The average molecular weight is 471 g/mol. The number of rotatable bonds is 8. The number of likely N-dealkylation sites (tertiary alicyclic amines) is 1. The Morgan fingerprint density at radius 2 is 1.88 bits per heavy atom. The van der Waals surface area contributed by atoms with Gasteiger partial charge < -0.3 is 15.4 Å². The quantitative estimate of drug-likeness (QED) is 0.570. The third kappa shape index (κ3) is 5.28. The largest absolute Gasteiger partial charge is 0.379 e. The number of anilines is 2. The van der Waals surface area contributed by atoms with Crippen LogP contribution in [0.1, 0.15) is 58.8 Å². The van der Waals surface area contributed by atoms with Gasteiger partial charge in [0.2, 0.25) is 11.8 Å². The smallest absolute Gasteiger partial charge is 0.250 e. The van der Waals surface area contributed by atoms with Crippen LogP contribution in [0.25, 0.3) is 0 Å². The number of carbonyl (C=O) groups is 3. The van der Waals surface area contributed by atoms with Gasteiger partial charge in [0.1, 0.15) is 5.54 Å². The van der Waals surface area contributed by atoms with Crippen molar-refractivity contribution >= 4 is 29.1 Å². The molecular weight excluding hydrogens is 432 g/mol. The summed E-state index contributed by atoms with van der Waals surface area (Å²) in [5.41, 5.74) is 0.723. The SMILES string of the molecule is CC(C)OCCCNC(=O)C1CCN(CC(=O)N2c3ccccc3NC(=O)C23CCCC3)CC1. The van der Waals surface area contributed by atoms with Gasteiger partial charge in [-0.15, -0.1) is 0 Å². The van der Waals surface area contributed by atoms with E-state index in [1.54, 1.807) is 4.90 Å². The monoisotopic (exact) mass is 470 g/mol. The molecule has 0 atom stereocenters. The Morgan fingerprint density at radius 1 is 1.18 bits per heavy atom. The Balaban J connectivity index is 1.32. The number of fused-ring (bicyclic) bond motifs is 1. The molecule has 0 bridgehead atoms. The molecule has 2 N–H and O–H groups in total. The van der Waals surface area contributed by atoms with E-state index in [2.05, 4.69) is 15.5 Å². The van der Waals surface area contributed by atoms with Crippen LogP contribution in [0.5, 0.6) is 0 Å². The minimum atomic E-state index is -0.775. The first-order valence-corrected chi connectivity index (χ1v) is 12.8. The minimum Gasteiger partial charge on any atom is -0.379 e. The first-order chi connectivity index (χ1) is 16.4. The molecule has 3 amide bonds. The van der Waals surface area contributed by atoms with Crippen molar-refractivity contribution < 1.29 is 19.1 Å². The van der Waals surface area contributed by atoms with Crippen LogP contribution in [0.15, 0.2) is 24.3 Å². The molecule has 1 aliphatic carbocycles. The maximum Gasteiger partial charge on any atom is 0.250 e. The van der Waals surface area contributed by atoms with Crippen molar-refractivity contribution in [2.24, 2.45) is 5.92 Å². The molecule has 2 aliphatic heterocycles. The number of nitrogens with one attached hydrogen (secondary N) is 2. The van der Waals surface area contributed by atoms with Crippen LogP contribution in [-0.4, -0.2) is 67.1 Å². The van der Waals surface area contributed by atoms with E-state index in [1.807, 2.05) is 38.1 Å². The third-order valence-electron chi connectivity index (χ3n) is 7.31. The summed E-state index contributed by atoms with van der Waals surface area (Å²) < 4.78 is 5.51. The molecular formula is C26H38N4O4. The standard InChI is InChI=1S/C26H38N4O4/c1-19(2)34-17-7-14-27-24(32)20-10-15-29(16-11-20)18-23(31)30-22-9-4-3-8-21(22)28-25(33)26(30)12-5-6-13-26/h3-4,8-9,19-20H,5-7,10-18H2,1-2H3,(H,27,32)(H,28,33). The predicted octanol–water partition coefficient (Wildman–Crippen LogP) is 2.93. The van der Waals surface area contributed by atoms with Crippen molar-refractivity contribution in [2.75, 3.05) is 43.0 Å². The average Bonchev–Trinajstić information content (AvgIpc) is 3.30. The van der Waals surface area contributed by atoms with Crippen molar-refractivity contribution in [3.63, 3.8) is 0 Å². The number of para-hydroxylation sites is 2. The van der Waals surface area contributed by atoms with Crippen LogP contribution in [-0.2, 0) is 19.1 Å². The van der Waals surface area contributed by atoms with E-state index < -0.39 is 5.54 Å². The fourth-order valence-corrected chi connectivity index (χ4v) is 5.49. The number of piperidine rings is 1. The molecule has 0 unspecified atom stereocenters. The molecule has 1 spiro atoms. The zero-order valence-electron chi connectivity index (χ0n) is 20.5. The molecule has 186 valence electrons. The second-order valence-corrected chi connectivity index (χ2v) is 10.1. The molecule has 1 saturated carbocycles. The van der Waals surface area contributed by atoms with Crippen molar-refractivity contribution in [3.8, 4) is 0 Å². The lowest BCUT2D eigenvalue weighted by atomic mass is 9.89. The summed E-state index contributed by atoms with van der Waals surface area (Å²) in [6.07, 6.45) is 5.79. The Kier molecular flexibility index (Phi) is 7.88. The topological polar surface area (TPSA) is 91.0 Å². The molecule has 2 fully saturated rings. The number of amides is 3. The van der Waals surface area contributed by atoms with E-state index in [9.17, 15) is 14.4 Å². The summed E-state index contributed by atoms with van der Waals surface area (Å²) in [5, 5.41) is 6.06. The second kappa shape index (κ2) is 10.9. The van der Waals surface area contributed by atoms with E-state index in [0.717, 1.165) is 37.8 Å². The zero-order valence-corrected chi connectivity index (χ0v) is 20.5. The van der Waals surface area contributed by atoms with Crippen LogP contribution < -0.4 is 15.5 Å². The summed E-state index contributed by atoms with van der Waals surface area (Å²) in [6.45, 7) is 6.96. The van der Waals surface area contributed by atoms with Crippen LogP contribution in [0.2, 0.25) is 0 Å². The van der Waals surface area contributed by atoms with Gasteiger partial charge in [-0.2, -0.15) is 0 Å². The van der Waals surface area contributed by atoms with Crippen LogP contribution >= 0.6 is 0 Å². The molecule has 1 aromatic rings. The first kappa shape index (κ1) is 24.7. The van der Waals surface area contributed by atoms with E-state index in [-0.39, 0.29) is 36.3 Å². The van der Waals surface area contributed by atoms with Crippen molar-refractivity contribution in [3.05, 3.63) is 24.3 Å². The number of hydrogen-bond acceptors (Lipinski definition) is 5. The summed E-state index contributed by atoms with van der Waals surface area (Å²) in [4.78, 5) is 43.1. The lowest BCUT2D eigenvalue weighted by Crippen LogP contribution is -2.62.